The number of esters is 1. The monoisotopic (exact) mass is 334 g/mol. The minimum absolute atomic E-state index is 0. The molecule has 1 aliphatic heterocycles. The fourth-order valence-electron chi connectivity index (χ4n) is 2.23. The predicted octanol–water partition coefficient (Wildman–Crippen LogP) is 0.925. The van der Waals surface area contributed by atoms with Crippen LogP contribution in [0, 0.1) is 6.92 Å². The maximum atomic E-state index is 12.6. The first-order chi connectivity index (χ1) is 9.36. The Labute approximate surface area is 130 Å². The van der Waals surface area contributed by atoms with Crippen LogP contribution in [0.15, 0.2) is 23.1 Å². The minimum Gasteiger partial charge on any atom is -0.465 e. The van der Waals surface area contributed by atoms with Crippen LogP contribution in [0.1, 0.15) is 22.3 Å². The molecular weight excluding hydrogens is 316 g/mol. The van der Waals surface area contributed by atoms with Gasteiger partial charge >= 0.3 is 5.97 Å². The topological polar surface area (TPSA) is 89.7 Å². The Morgan fingerprint density at radius 2 is 2.10 bits per heavy atom. The number of hydrogen-bond donors (Lipinski definition) is 1. The second-order valence-corrected chi connectivity index (χ2v) is 6.79. The lowest BCUT2D eigenvalue weighted by atomic mass is 10.1. The van der Waals surface area contributed by atoms with Crippen LogP contribution in [0.2, 0.25) is 0 Å². The number of hydrogen-bond acceptors (Lipinski definition) is 5. The molecule has 8 heteroatoms. The van der Waals surface area contributed by atoms with Crippen molar-refractivity contribution in [3.8, 4) is 0 Å². The molecule has 1 unspecified atom stereocenters. The van der Waals surface area contributed by atoms with Gasteiger partial charge in [0, 0.05) is 19.1 Å². The van der Waals surface area contributed by atoms with Crippen LogP contribution in [-0.4, -0.2) is 44.9 Å². The molecule has 0 saturated carbocycles. The van der Waals surface area contributed by atoms with Gasteiger partial charge in [-0.05, 0) is 31.0 Å². The lowest BCUT2D eigenvalue weighted by Gasteiger charge is -2.18. The molecule has 0 spiro atoms. The maximum Gasteiger partial charge on any atom is 0.337 e. The van der Waals surface area contributed by atoms with E-state index >= 15 is 0 Å². The average molecular weight is 335 g/mol. The summed E-state index contributed by atoms with van der Waals surface area (Å²) < 4.78 is 31.1. The van der Waals surface area contributed by atoms with Gasteiger partial charge in [-0.2, -0.15) is 4.31 Å². The van der Waals surface area contributed by atoms with Crippen LogP contribution in [0.4, 0.5) is 0 Å². The standard InChI is InChI=1S/C13H18N2O4S.ClH/c1-9-3-4-10(13(16)19-2)7-12(9)20(17,18)15-6-5-11(14)8-15;/h3-4,7,11H,5-6,8,14H2,1-2H3;1H. The summed E-state index contributed by atoms with van der Waals surface area (Å²) in [4.78, 5) is 11.7. The van der Waals surface area contributed by atoms with Gasteiger partial charge in [0.15, 0.2) is 0 Å². The van der Waals surface area contributed by atoms with Crippen molar-refractivity contribution < 1.29 is 17.9 Å². The molecule has 1 heterocycles. The van der Waals surface area contributed by atoms with E-state index in [0.717, 1.165) is 0 Å². The molecule has 0 bridgehead atoms. The van der Waals surface area contributed by atoms with E-state index < -0.39 is 16.0 Å². The lowest BCUT2D eigenvalue weighted by Crippen LogP contribution is -2.32. The van der Waals surface area contributed by atoms with Crippen molar-refractivity contribution in [1.29, 1.82) is 0 Å². The van der Waals surface area contributed by atoms with Gasteiger partial charge in [0.25, 0.3) is 0 Å². The van der Waals surface area contributed by atoms with Gasteiger partial charge in [0.05, 0.1) is 17.6 Å². The normalized spacial score (nSPS) is 19.1. The van der Waals surface area contributed by atoms with E-state index in [0.29, 0.717) is 25.1 Å². The van der Waals surface area contributed by atoms with E-state index in [1.54, 1.807) is 19.1 Å². The van der Waals surface area contributed by atoms with Gasteiger partial charge in [-0.1, -0.05) is 6.07 Å². The molecule has 1 atom stereocenters. The van der Waals surface area contributed by atoms with E-state index in [4.69, 9.17) is 5.73 Å². The highest BCUT2D eigenvalue weighted by Gasteiger charge is 2.32. The molecule has 0 radical (unpaired) electrons. The van der Waals surface area contributed by atoms with Crippen molar-refractivity contribution in [1.82, 2.24) is 4.31 Å². The van der Waals surface area contributed by atoms with E-state index in [-0.39, 0.29) is 28.9 Å². The van der Waals surface area contributed by atoms with Crippen LogP contribution < -0.4 is 5.73 Å². The van der Waals surface area contributed by atoms with Crippen LogP contribution in [0.25, 0.3) is 0 Å². The number of rotatable bonds is 3. The molecule has 1 aromatic carbocycles. The Balaban J connectivity index is 0.00000220. The smallest absolute Gasteiger partial charge is 0.337 e. The van der Waals surface area contributed by atoms with Crippen LogP contribution in [-0.2, 0) is 14.8 Å². The van der Waals surface area contributed by atoms with Crippen molar-refractivity contribution in [2.45, 2.75) is 24.3 Å². The highest BCUT2D eigenvalue weighted by atomic mass is 35.5. The minimum atomic E-state index is -3.62. The third-order valence-electron chi connectivity index (χ3n) is 3.41. The summed E-state index contributed by atoms with van der Waals surface area (Å²) in [6, 6.07) is 4.39. The molecule has 1 aliphatic rings. The lowest BCUT2D eigenvalue weighted by molar-refractivity contribution is 0.0600. The molecule has 1 saturated heterocycles. The largest absolute Gasteiger partial charge is 0.465 e. The van der Waals surface area contributed by atoms with E-state index in [1.165, 1.54) is 17.5 Å². The molecule has 118 valence electrons. The number of ether oxygens (including phenoxy) is 1. The van der Waals surface area contributed by atoms with Gasteiger partial charge in [-0.25, -0.2) is 13.2 Å². The van der Waals surface area contributed by atoms with Crippen molar-refractivity contribution in [3.05, 3.63) is 29.3 Å². The number of benzene rings is 1. The van der Waals surface area contributed by atoms with Crippen molar-refractivity contribution >= 4 is 28.4 Å². The molecule has 0 aromatic heterocycles. The number of carbonyl (C=O) groups is 1. The van der Waals surface area contributed by atoms with Gasteiger partial charge in [0.1, 0.15) is 0 Å². The van der Waals surface area contributed by atoms with E-state index in [2.05, 4.69) is 4.74 Å². The fraction of sp³-hybridized carbons (Fsp3) is 0.462. The molecule has 2 N–H and O–H groups in total. The van der Waals surface area contributed by atoms with Gasteiger partial charge in [-0.15, -0.1) is 12.4 Å². The number of carbonyl (C=O) groups excluding carboxylic acids is 1. The summed E-state index contributed by atoms with van der Waals surface area (Å²) in [6.07, 6.45) is 0.648. The fourth-order valence-corrected chi connectivity index (χ4v) is 4.00. The molecule has 1 fully saturated rings. The number of nitrogens with zero attached hydrogens (tertiary/aromatic N) is 1. The van der Waals surface area contributed by atoms with Crippen LogP contribution >= 0.6 is 12.4 Å². The summed E-state index contributed by atoms with van der Waals surface area (Å²) >= 11 is 0. The van der Waals surface area contributed by atoms with E-state index in [9.17, 15) is 13.2 Å². The highest BCUT2D eigenvalue weighted by molar-refractivity contribution is 7.89. The number of aryl methyl sites for hydroxylation is 1. The Kier molecular flexibility index (Phi) is 5.75. The van der Waals surface area contributed by atoms with Gasteiger partial charge in [-0.3, -0.25) is 0 Å². The SMILES string of the molecule is COC(=O)c1ccc(C)c(S(=O)(=O)N2CCC(N)C2)c1.Cl. The molecule has 6 nitrogen and oxygen atoms in total. The van der Waals surface area contributed by atoms with Crippen molar-refractivity contribution in [3.63, 3.8) is 0 Å². The molecule has 0 aliphatic carbocycles. The molecule has 2 rings (SSSR count). The molecule has 0 amide bonds. The Bertz CT molecular complexity index is 633. The van der Waals surface area contributed by atoms with E-state index in [1.807, 2.05) is 0 Å². The summed E-state index contributed by atoms with van der Waals surface area (Å²) in [5, 5.41) is 0. The van der Waals surface area contributed by atoms with Gasteiger partial charge in [0.2, 0.25) is 10.0 Å². The predicted molar refractivity (Wildman–Crippen MR) is 81.1 cm³/mol. The van der Waals surface area contributed by atoms with Crippen molar-refractivity contribution in [2.24, 2.45) is 5.73 Å². The average Bonchev–Trinajstić information content (AvgIpc) is 2.85. The third-order valence-corrected chi connectivity index (χ3v) is 5.42. The molecular formula is C13H19ClN2O4S. The second kappa shape index (κ2) is 6.74. The Hall–Kier alpha value is -1.15. The summed E-state index contributed by atoms with van der Waals surface area (Å²) in [6.45, 7) is 2.42. The van der Waals surface area contributed by atoms with Gasteiger partial charge < -0.3 is 10.5 Å². The Morgan fingerprint density at radius 1 is 1.43 bits per heavy atom. The molecule has 21 heavy (non-hydrogen) atoms. The summed E-state index contributed by atoms with van der Waals surface area (Å²) in [5.41, 5.74) is 6.58. The Morgan fingerprint density at radius 3 is 2.62 bits per heavy atom. The zero-order valence-electron chi connectivity index (χ0n) is 11.9. The maximum absolute atomic E-state index is 12.6. The summed E-state index contributed by atoms with van der Waals surface area (Å²) in [7, 11) is -2.36. The third kappa shape index (κ3) is 3.55. The molecule has 1 aromatic rings. The summed E-state index contributed by atoms with van der Waals surface area (Å²) in [5.74, 6) is -0.556. The van der Waals surface area contributed by atoms with Crippen LogP contribution in [0.5, 0.6) is 0 Å². The zero-order chi connectivity index (χ0) is 14.9. The number of sulfonamides is 1. The quantitative estimate of drug-likeness (QED) is 0.830. The first-order valence-electron chi connectivity index (χ1n) is 6.31. The first-order valence-corrected chi connectivity index (χ1v) is 7.75. The first kappa shape index (κ1) is 17.9. The zero-order valence-corrected chi connectivity index (χ0v) is 13.5. The van der Waals surface area contributed by atoms with Crippen molar-refractivity contribution in [2.75, 3.05) is 20.2 Å². The number of methoxy groups -OCH3 is 1. The second-order valence-electron chi connectivity index (χ2n) is 4.88. The van der Waals surface area contributed by atoms with Crippen LogP contribution in [0.3, 0.4) is 0 Å². The number of halogens is 1. The highest BCUT2D eigenvalue weighted by Crippen LogP contribution is 2.24. The number of nitrogens with two attached hydrogens (primary N) is 1.